The Kier molecular flexibility index (Phi) is 9.22. The van der Waals surface area contributed by atoms with Gasteiger partial charge in [-0.05, 0) is 19.8 Å². The lowest BCUT2D eigenvalue weighted by molar-refractivity contribution is 0.426. The van der Waals surface area contributed by atoms with Crippen LogP contribution in [0.2, 0.25) is 0 Å². The molecular weight excluding hydrogens is 498 g/mol. The van der Waals surface area contributed by atoms with Gasteiger partial charge < -0.3 is 0 Å². The van der Waals surface area contributed by atoms with Crippen LogP contribution in [-0.2, 0) is 10.8 Å². The van der Waals surface area contributed by atoms with Gasteiger partial charge in [-0.3, -0.25) is 0 Å². The van der Waals surface area contributed by atoms with Gasteiger partial charge in [0.1, 0.15) is 17.5 Å². The zero-order valence-corrected chi connectivity index (χ0v) is 24.9. The van der Waals surface area contributed by atoms with Gasteiger partial charge in [-0.1, -0.05) is 73.6 Å². The van der Waals surface area contributed by atoms with Gasteiger partial charge in [0.05, 0.1) is 16.7 Å². The first-order chi connectivity index (χ1) is 19.1. The first-order valence-electron chi connectivity index (χ1n) is 14.3. The van der Waals surface area contributed by atoms with Gasteiger partial charge in [-0.2, -0.15) is 0 Å². The third kappa shape index (κ3) is 7.06. The van der Waals surface area contributed by atoms with Crippen molar-refractivity contribution in [3.63, 3.8) is 0 Å². The first kappa shape index (κ1) is 29.2. The lowest BCUT2D eigenvalue weighted by Crippen LogP contribution is -2.20. The first-order valence-corrected chi connectivity index (χ1v) is 14.3. The maximum atomic E-state index is 4.79. The van der Waals surface area contributed by atoms with E-state index in [0.29, 0.717) is 40.0 Å². The molecule has 40 heavy (non-hydrogen) atoms. The topological polar surface area (TPSA) is 116 Å². The van der Waals surface area contributed by atoms with Crippen LogP contribution in [0.4, 0.5) is 0 Å². The predicted molar refractivity (Wildman–Crippen MR) is 157 cm³/mol. The highest BCUT2D eigenvalue weighted by Gasteiger charge is 2.25. The molecule has 0 atom stereocenters. The zero-order chi connectivity index (χ0) is 28.8. The van der Waals surface area contributed by atoms with Crippen molar-refractivity contribution in [3.8, 4) is 34.2 Å². The van der Waals surface area contributed by atoms with Gasteiger partial charge in [-0.25, -0.2) is 44.9 Å². The van der Waals surface area contributed by atoms with E-state index in [2.05, 4.69) is 51.5 Å². The maximum absolute atomic E-state index is 4.79. The molecule has 4 aromatic rings. The average molecular weight is 540 g/mol. The summed E-state index contributed by atoms with van der Waals surface area (Å²) < 4.78 is 0. The Morgan fingerprint density at radius 1 is 0.500 bits per heavy atom. The average Bonchev–Trinajstić information content (AvgIpc) is 2.96. The van der Waals surface area contributed by atoms with Crippen molar-refractivity contribution < 1.29 is 0 Å². The molecule has 0 N–H and O–H groups in total. The lowest BCUT2D eigenvalue weighted by Gasteiger charge is -2.22. The number of aryl methyl sites for hydroxylation is 1. The molecule has 0 spiro atoms. The van der Waals surface area contributed by atoms with Gasteiger partial charge in [-0.15, -0.1) is 0 Å². The van der Waals surface area contributed by atoms with Crippen molar-refractivity contribution in [3.05, 3.63) is 54.7 Å². The van der Waals surface area contributed by atoms with Crippen LogP contribution in [0.25, 0.3) is 34.2 Å². The minimum absolute atomic E-state index is 0.105. The van der Waals surface area contributed by atoms with E-state index in [0.717, 1.165) is 43.8 Å². The number of nitrogens with zero attached hydrogens (tertiary/aromatic N) is 9. The van der Waals surface area contributed by atoms with Gasteiger partial charge in [0.2, 0.25) is 0 Å². The van der Waals surface area contributed by atoms with E-state index >= 15 is 0 Å². The van der Waals surface area contributed by atoms with E-state index in [1.165, 1.54) is 12.8 Å². The molecule has 0 saturated carbocycles. The van der Waals surface area contributed by atoms with E-state index in [1.54, 1.807) is 37.2 Å². The normalized spacial score (nSPS) is 12.1. The number of aromatic nitrogens is 9. The second-order valence-electron chi connectivity index (χ2n) is 11.7. The summed E-state index contributed by atoms with van der Waals surface area (Å²) in [5.41, 5.74) is 1.91. The molecule has 4 heterocycles. The Morgan fingerprint density at radius 2 is 0.850 bits per heavy atom. The summed E-state index contributed by atoms with van der Waals surface area (Å²) in [6, 6.07) is 0. The molecule has 0 saturated heterocycles. The predicted octanol–water partition coefficient (Wildman–Crippen LogP) is 6.88. The van der Waals surface area contributed by atoms with Gasteiger partial charge >= 0.3 is 0 Å². The Morgan fingerprint density at radius 3 is 1.23 bits per heavy atom. The van der Waals surface area contributed by atoms with Crippen molar-refractivity contribution in [2.24, 2.45) is 0 Å². The summed E-state index contributed by atoms with van der Waals surface area (Å²) in [4.78, 5) is 41.8. The maximum Gasteiger partial charge on any atom is 0.167 e. The highest BCUT2D eigenvalue weighted by atomic mass is 15.1. The zero-order valence-electron chi connectivity index (χ0n) is 24.9. The molecule has 9 heteroatoms. The summed E-state index contributed by atoms with van der Waals surface area (Å²) >= 11 is 0. The summed E-state index contributed by atoms with van der Waals surface area (Å²) in [6.45, 7) is 15.0. The molecule has 0 fully saturated rings. The molecule has 0 aliphatic heterocycles. The van der Waals surface area contributed by atoms with Crippen molar-refractivity contribution >= 4 is 0 Å². The third-order valence-electron chi connectivity index (χ3n) is 7.27. The third-order valence-corrected chi connectivity index (χ3v) is 7.27. The molecular formula is C31H41N9. The van der Waals surface area contributed by atoms with E-state index in [9.17, 15) is 0 Å². The van der Waals surface area contributed by atoms with E-state index in [1.807, 2.05) is 6.92 Å². The van der Waals surface area contributed by atoms with Gasteiger partial charge in [0.15, 0.2) is 17.5 Å². The number of hydrogen-bond donors (Lipinski definition) is 0. The standard InChI is InChI=1S/C31H41N9/c1-8-10-12-14-31(6,7)29-36-19-24(20-37-29)27-39-25(22-15-32-21(3)33-16-22)38-26(40-27)23-17-34-28(35-18-23)30(4,5)13-11-9-2/h15-20H,8-14H2,1-7H3. The fraction of sp³-hybridized carbons (Fsp3) is 0.516. The summed E-state index contributed by atoms with van der Waals surface area (Å²) in [5, 5.41) is 0. The molecule has 0 aliphatic rings. The Balaban J connectivity index is 1.71. The number of unbranched alkanes of at least 4 members (excludes halogenated alkanes) is 3. The monoisotopic (exact) mass is 539 g/mol. The summed E-state index contributed by atoms with van der Waals surface area (Å²) in [7, 11) is 0. The van der Waals surface area contributed by atoms with Crippen LogP contribution in [0.15, 0.2) is 37.2 Å². The van der Waals surface area contributed by atoms with Crippen LogP contribution in [-0.4, -0.2) is 44.9 Å². The Hall–Kier alpha value is -3.75. The smallest absolute Gasteiger partial charge is 0.167 e. The molecule has 0 aliphatic carbocycles. The Labute approximate surface area is 237 Å². The van der Waals surface area contributed by atoms with Crippen molar-refractivity contribution in [1.82, 2.24) is 44.9 Å². The highest BCUT2D eigenvalue weighted by Crippen LogP contribution is 2.29. The molecule has 210 valence electrons. The molecule has 4 aromatic heterocycles. The van der Waals surface area contributed by atoms with Gasteiger partial charge in [0.25, 0.3) is 0 Å². The number of hydrogen-bond acceptors (Lipinski definition) is 9. The molecule has 9 nitrogen and oxygen atoms in total. The van der Waals surface area contributed by atoms with Crippen LogP contribution < -0.4 is 0 Å². The highest BCUT2D eigenvalue weighted by molar-refractivity contribution is 5.64. The summed E-state index contributed by atoms with van der Waals surface area (Å²) in [6.07, 6.45) is 18.5. The van der Waals surface area contributed by atoms with E-state index in [4.69, 9.17) is 34.9 Å². The molecule has 0 unspecified atom stereocenters. The molecule has 0 aromatic carbocycles. The van der Waals surface area contributed by atoms with Crippen LogP contribution in [0.5, 0.6) is 0 Å². The molecule has 0 radical (unpaired) electrons. The van der Waals surface area contributed by atoms with Crippen LogP contribution in [0.3, 0.4) is 0 Å². The second kappa shape index (κ2) is 12.6. The minimum atomic E-state index is -0.105. The molecule has 4 rings (SSSR count). The fourth-order valence-electron chi connectivity index (χ4n) is 4.52. The van der Waals surface area contributed by atoms with Crippen LogP contribution in [0, 0.1) is 6.92 Å². The molecule has 0 bridgehead atoms. The second-order valence-corrected chi connectivity index (χ2v) is 11.7. The van der Waals surface area contributed by atoms with E-state index in [-0.39, 0.29) is 10.8 Å². The van der Waals surface area contributed by atoms with Crippen molar-refractivity contribution in [2.75, 3.05) is 0 Å². The quantitative estimate of drug-likeness (QED) is 0.178. The fourth-order valence-corrected chi connectivity index (χ4v) is 4.52. The minimum Gasteiger partial charge on any atom is -0.241 e. The van der Waals surface area contributed by atoms with E-state index < -0.39 is 0 Å². The lowest BCUT2D eigenvalue weighted by atomic mass is 9.86. The van der Waals surface area contributed by atoms with Crippen molar-refractivity contribution in [1.29, 1.82) is 0 Å². The Bertz CT molecular complexity index is 1380. The molecule has 0 amide bonds. The number of rotatable bonds is 12. The summed E-state index contributed by atoms with van der Waals surface area (Å²) in [5.74, 6) is 3.74. The van der Waals surface area contributed by atoms with Crippen molar-refractivity contribution in [2.45, 2.75) is 104 Å². The van der Waals surface area contributed by atoms with Gasteiger partial charge in [0, 0.05) is 48.0 Å². The van der Waals surface area contributed by atoms with Crippen LogP contribution >= 0.6 is 0 Å². The van der Waals surface area contributed by atoms with Crippen LogP contribution in [0.1, 0.15) is 104 Å². The SMILES string of the molecule is CCCCCC(C)(C)c1ncc(-c2nc(-c3cnc(C)nc3)nc(-c3cnc(C(C)(C)CCCC)nc3)n2)cn1. The largest absolute Gasteiger partial charge is 0.241 e.